The van der Waals surface area contributed by atoms with Gasteiger partial charge in [0.2, 0.25) is 0 Å². The van der Waals surface area contributed by atoms with Crippen LogP contribution in [0, 0.1) is 0 Å². The Bertz CT molecular complexity index is 1240. The van der Waals surface area contributed by atoms with E-state index in [1.54, 1.807) is 0 Å². The lowest BCUT2D eigenvalue weighted by Gasteiger charge is -2.18. The molecule has 0 saturated heterocycles. The van der Waals surface area contributed by atoms with Gasteiger partial charge in [0, 0.05) is 19.3 Å². The summed E-state index contributed by atoms with van der Waals surface area (Å²) in [5.74, 6) is -0.862. The van der Waals surface area contributed by atoms with Gasteiger partial charge < -0.3 is 14.2 Å². The maximum absolute atomic E-state index is 12.9. The summed E-state index contributed by atoms with van der Waals surface area (Å²) in [7, 11) is 0. The van der Waals surface area contributed by atoms with E-state index < -0.39 is 6.10 Å². The minimum absolute atomic E-state index is 0.0721. The lowest BCUT2D eigenvalue weighted by atomic mass is 10.0. The molecule has 0 aliphatic rings. The molecule has 74 heavy (non-hydrogen) atoms. The van der Waals surface area contributed by atoms with Crippen LogP contribution in [0.5, 0.6) is 0 Å². The van der Waals surface area contributed by atoms with Crippen molar-refractivity contribution in [3.8, 4) is 0 Å². The van der Waals surface area contributed by atoms with Crippen molar-refractivity contribution in [2.75, 3.05) is 13.2 Å². The van der Waals surface area contributed by atoms with Crippen LogP contribution < -0.4 is 0 Å². The van der Waals surface area contributed by atoms with Crippen LogP contribution in [0.2, 0.25) is 0 Å². The summed E-state index contributed by atoms with van der Waals surface area (Å²) < 4.78 is 17.0. The highest BCUT2D eigenvalue weighted by atomic mass is 16.6. The van der Waals surface area contributed by atoms with E-state index >= 15 is 0 Å². The molecule has 1 atom stereocenters. The fourth-order valence-electron chi connectivity index (χ4n) is 9.99. The van der Waals surface area contributed by atoms with Crippen molar-refractivity contribution < 1.29 is 28.6 Å². The van der Waals surface area contributed by atoms with Gasteiger partial charge >= 0.3 is 17.9 Å². The fraction of sp³-hybridized carbons (Fsp3) is 0.868. The summed E-state index contributed by atoms with van der Waals surface area (Å²) in [6.45, 7) is 6.59. The molecule has 0 aromatic heterocycles. The third-order valence-corrected chi connectivity index (χ3v) is 14.9. The number of rotatable bonds is 61. The predicted octanol–water partition coefficient (Wildman–Crippen LogP) is 22.4. The molecule has 0 aliphatic carbocycles. The van der Waals surface area contributed by atoms with Crippen molar-refractivity contribution in [1.29, 1.82) is 0 Å². The van der Waals surface area contributed by atoms with Crippen molar-refractivity contribution in [1.82, 2.24) is 0 Å². The summed E-state index contributed by atoms with van der Waals surface area (Å²) in [5, 5.41) is 0. The molecule has 6 nitrogen and oxygen atoms in total. The largest absolute Gasteiger partial charge is 0.462 e. The van der Waals surface area contributed by atoms with Gasteiger partial charge in [0.25, 0.3) is 0 Å². The van der Waals surface area contributed by atoms with Gasteiger partial charge in [-0.1, -0.05) is 327 Å². The van der Waals surface area contributed by atoms with Crippen molar-refractivity contribution in [2.45, 2.75) is 367 Å². The number of carbonyl (C=O) groups excluding carboxylic acids is 3. The van der Waals surface area contributed by atoms with Gasteiger partial charge in [-0.05, 0) is 51.4 Å². The molecule has 0 heterocycles. The zero-order valence-electron chi connectivity index (χ0n) is 49.9. The normalized spacial score (nSPS) is 12.2. The average molecular weight is 1040 g/mol. The molecule has 0 aromatic carbocycles. The Labute approximate surface area is 461 Å². The summed E-state index contributed by atoms with van der Waals surface area (Å²) >= 11 is 0. The highest BCUT2D eigenvalue weighted by Gasteiger charge is 2.19. The van der Waals surface area contributed by atoms with E-state index in [4.69, 9.17) is 14.2 Å². The Kier molecular flexibility index (Phi) is 61.1. The van der Waals surface area contributed by atoms with Crippen LogP contribution >= 0.6 is 0 Å². The zero-order valence-corrected chi connectivity index (χ0v) is 49.9. The standard InChI is InChI=1S/C68H126O6/c1-4-7-10-13-16-19-22-25-28-30-32-33-34-35-36-38-40-43-46-49-52-55-58-61-67(70)73-64-65(63-72-66(69)60-57-54-51-48-45-42-39-27-24-21-18-15-12-9-6-3)74-68(71)62-59-56-53-50-47-44-41-37-31-29-26-23-20-17-14-11-8-5-2/h9,12,18,21,27,39,65H,4-8,10-11,13-17,19-20,22-26,28-38,40-64H2,1-3H3/b12-9-,21-18-,39-27-. The van der Waals surface area contributed by atoms with Crippen molar-refractivity contribution in [3.05, 3.63) is 36.5 Å². The number of esters is 3. The number of hydrogen-bond acceptors (Lipinski definition) is 6. The molecule has 0 rings (SSSR count). The quantitative estimate of drug-likeness (QED) is 0.0261. The summed E-state index contributed by atoms with van der Waals surface area (Å²) in [4.78, 5) is 38.3. The molecule has 0 N–H and O–H groups in total. The van der Waals surface area contributed by atoms with E-state index in [-0.39, 0.29) is 31.1 Å². The van der Waals surface area contributed by atoms with Crippen LogP contribution in [0.1, 0.15) is 361 Å². The minimum Gasteiger partial charge on any atom is -0.462 e. The fourth-order valence-corrected chi connectivity index (χ4v) is 9.99. The van der Waals surface area contributed by atoms with Crippen LogP contribution in [-0.2, 0) is 28.6 Å². The number of hydrogen-bond donors (Lipinski definition) is 0. The van der Waals surface area contributed by atoms with Crippen molar-refractivity contribution in [2.24, 2.45) is 0 Å². The van der Waals surface area contributed by atoms with E-state index in [0.29, 0.717) is 19.3 Å². The first-order valence-electron chi connectivity index (χ1n) is 33.0. The van der Waals surface area contributed by atoms with Crippen LogP contribution in [0.3, 0.4) is 0 Å². The smallest absolute Gasteiger partial charge is 0.306 e. The Morgan fingerprint density at radius 3 is 0.824 bits per heavy atom. The maximum atomic E-state index is 12.9. The molecule has 0 amide bonds. The predicted molar refractivity (Wildman–Crippen MR) is 321 cm³/mol. The Hall–Kier alpha value is -2.37. The number of unbranched alkanes of at least 4 members (excludes halogenated alkanes) is 44. The zero-order chi connectivity index (χ0) is 53.6. The lowest BCUT2D eigenvalue weighted by Crippen LogP contribution is -2.30. The van der Waals surface area contributed by atoms with Gasteiger partial charge in [-0.15, -0.1) is 0 Å². The summed E-state index contributed by atoms with van der Waals surface area (Å²) in [6.07, 6.45) is 77.3. The van der Waals surface area contributed by atoms with E-state index in [0.717, 1.165) is 96.3 Å². The Morgan fingerprint density at radius 1 is 0.284 bits per heavy atom. The molecule has 0 bridgehead atoms. The molecular weight excluding hydrogens is 913 g/mol. The van der Waals surface area contributed by atoms with Gasteiger partial charge in [0.05, 0.1) is 0 Å². The average Bonchev–Trinajstić information content (AvgIpc) is 3.40. The summed E-state index contributed by atoms with van der Waals surface area (Å²) in [6, 6.07) is 0. The first kappa shape index (κ1) is 71.6. The van der Waals surface area contributed by atoms with Gasteiger partial charge in [-0.2, -0.15) is 0 Å². The van der Waals surface area contributed by atoms with Crippen LogP contribution in [0.15, 0.2) is 36.5 Å². The molecule has 0 saturated carbocycles. The molecule has 434 valence electrons. The first-order chi connectivity index (χ1) is 36.5. The van der Waals surface area contributed by atoms with Crippen LogP contribution in [0.25, 0.3) is 0 Å². The molecule has 0 spiro atoms. The van der Waals surface area contributed by atoms with E-state index in [1.165, 1.54) is 225 Å². The van der Waals surface area contributed by atoms with Gasteiger partial charge in [0.1, 0.15) is 13.2 Å². The molecule has 0 aromatic rings. The third-order valence-electron chi connectivity index (χ3n) is 14.9. The highest BCUT2D eigenvalue weighted by molar-refractivity contribution is 5.71. The van der Waals surface area contributed by atoms with E-state index in [9.17, 15) is 14.4 Å². The second kappa shape index (κ2) is 63.2. The Balaban J connectivity index is 4.28. The van der Waals surface area contributed by atoms with Crippen LogP contribution in [-0.4, -0.2) is 37.2 Å². The topological polar surface area (TPSA) is 78.9 Å². The summed E-state index contributed by atoms with van der Waals surface area (Å²) in [5.41, 5.74) is 0. The van der Waals surface area contributed by atoms with Crippen molar-refractivity contribution >= 4 is 17.9 Å². The lowest BCUT2D eigenvalue weighted by molar-refractivity contribution is -0.167. The first-order valence-corrected chi connectivity index (χ1v) is 33.0. The number of carbonyl (C=O) groups is 3. The number of ether oxygens (including phenoxy) is 3. The van der Waals surface area contributed by atoms with E-state index in [1.807, 2.05) is 0 Å². The molecular formula is C68H126O6. The monoisotopic (exact) mass is 1040 g/mol. The molecule has 0 fully saturated rings. The third kappa shape index (κ3) is 60.5. The van der Waals surface area contributed by atoms with E-state index in [2.05, 4.69) is 57.2 Å². The Morgan fingerprint density at radius 2 is 0.527 bits per heavy atom. The van der Waals surface area contributed by atoms with Gasteiger partial charge in [0.15, 0.2) is 6.10 Å². The molecule has 0 radical (unpaired) electrons. The SMILES string of the molecule is CC/C=C\C/C=C\C/C=C\CCCCCCCC(=O)OCC(COC(=O)CCCCCCCCCCCCCCCCCCCCCCCCC)OC(=O)CCCCCCCCCCCCCCCCCCCC. The molecule has 0 aliphatic heterocycles. The second-order valence-corrected chi connectivity index (χ2v) is 22.4. The van der Waals surface area contributed by atoms with Crippen molar-refractivity contribution in [3.63, 3.8) is 0 Å². The highest BCUT2D eigenvalue weighted by Crippen LogP contribution is 2.18. The van der Waals surface area contributed by atoms with Crippen LogP contribution in [0.4, 0.5) is 0 Å². The molecule has 1 unspecified atom stereocenters. The molecule has 6 heteroatoms. The van der Waals surface area contributed by atoms with Gasteiger partial charge in [-0.25, -0.2) is 0 Å². The second-order valence-electron chi connectivity index (χ2n) is 22.4. The minimum atomic E-state index is -0.776. The number of allylic oxidation sites excluding steroid dienone is 6. The van der Waals surface area contributed by atoms with Gasteiger partial charge in [-0.3, -0.25) is 14.4 Å². The maximum Gasteiger partial charge on any atom is 0.306 e.